The lowest BCUT2D eigenvalue weighted by Crippen LogP contribution is -2.17. The molecular weight excluding hydrogens is 312 g/mol. The number of hydrogen-bond acceptors (Lipinski definition) is 5. The third-order valence-corrected chi connectivity index (χ3v) is 3.05. The number of carbonyl (C=O) groups excluding carboxylic acids is 1. The summed E-state index contributed by atoms with van der Waals surface area (Å²) in [6.45, 7) is 1.77. The first-order chi connectivity index (χ1) is 8.99. The molecule has 0 heterocycles. The third kappa shape index (κ3) is 4.28. The molecule has 1 rings (SSSR count). The summed E-state index contributed by atoms with van der Waals surface area (Å²) < 4.78 is 4.64. The van der Waals surface area contributed by atoms with Crippen LogP contribution in [0.1, 0.15) is 6.92 Å². The molecule has 0 spiro atoms. The summed E-state index contributed by atoms with van der Waals surface area (Å²) in [5.41, 5.74) is 2.45. The van der Waals surface area contributed by atoms with Gasteiger partial charge in [0.25, 0.3) is 0 Å². The number of rotatable bonds is 4. The summed E-state index contributed by atoms with van der Waals surface area (Å²) in [6.07, 6.45) is 0. The third-order valence-electron chi connectivity index (χ3n) is 1.86. The molecule has 0 fully saturated rings. The zero-order valence-electron chi connectivity index (χ0n) is 9.71. The van der Waals surface area contributed by atoms with Gasteiger partial charge in [-0.05, 0) is 19.1 Å². The zero-order chi connectivity index (χ0) is 14.4. The standard InChI is InChI=1S/C11H8Cl3N3O2/c1-2-19-11(18)9(5-15)17-16-6-3-7(12)10(14)8(13)4-6/h3-4,16H,2H2,1H3. The van der Waals surface area contributed by atoms with Crippen LogP contribution < -0.4 is 5.43 Å². The lowest BCUT2D eigenvalue weighted by atomic mass is 10.3. The van der Waals surface area contributed by atoms with Gasteiger partial charge >= 0.3 is 5.97 Å². The van der Waals surface area contributed by atoms with Crippen molar-refractivity contribution in [2.75, 3.05) is 12.0 Å². The van der Waals surface area contributed by atoms with E-state index in [4.69, 9.17) is 40.1 Å². The molecule has 0 atom stereocenters. The van der Waals surface area contributed by atoms with Crippen molar-refractivity contribution in [2.24, 2.45) is 5.10 Å². The van der Waals surface area contributed by atoms with Crippen LogP contribution in [-0.2, 0) is 9.53 Å². The van der Waals surface area contributed by atoms with Gasteiger partial charge < -0.3 is 4.74 Å². The summed E-state index contributed by atoms with van der Waals surface area (Å²) in [5.74, 6) is -0.816. The molecule has 1 aromatic carbocycles. The Hall–Kier alpha value is -1.48. The highest BCUT2D eigenvalue weighted by Crippen LogP contribution is 2.33. The summed E-state index contributed by atoms with van der Waals surface area (Å²) in [4.78, 5) is 11.3. The molecule has 0 aliphatic rings. The molecule has 0 unspecified atom stereocenters. The molecule has 100 valence electrons. The molecule has 1 N–H and O–H groups in total. The lowest BCUT2D eigenvalue weighted by Gasteiger charge is -2.05. The SMILES string of the molecule is CCOC(=O)C(C#N)=NNc1cc(Cl)c(Cl)c(Cl)c1. The largest absolute Gasteiger partial charge is 0.461 e. The van der Waals surface area contributed by atoms with E-state index < -0.39 is 11.7 Å². The first-order valence-electron chi connectivity index (χ1n) is 5.05. The number of hydrogen-bond donors (Lipinski definition) is 1. The highest BCUT2D eigenvalue weighted by Gasteiger charge is 2.12. The molecule has 0 aliphatic heterocycles. The summed E-state index contributed by atoms with van der Waals surface area (Å²) >= 11 is 17.4. The highest BCUT2D eigenvalue weighted by atomic mass is 35.5. The van der Waals surface area contributed by atoms with Crippen LogP contribution in [0.3, 0.4) is 0 Å². The van der Waals surface area contributed by atoms with Gasteiger partial charge in [-0.3, -0.25) is 5.43 Å². The number of hydrazone groups is 1. The molecule has 8 heteroatoms. The molecule has 5 nitrogen and oxygen atoms in total. The summed E-state index contributed by atoms with van der Waals surface area (Å²) in [5, 5.41) is 13.0. The molecule has 1 aromatic rings. The fourth-order valence-electron chi connectivity index (χ4n) is 1.06. The Morgan fingerprint density at radius 3 is 2.47 bits per heavy atom. The van der Waals surface area contributed by atoms with Crippen LogP contribution in [0, 0.1) is 11.3 Å². The van der Waals surface area contributed by atoms with Crippen molar-refractivity contribution < 1.29 is 9.53 Å². The van der Waals surface area contributed by atoms with Crippen LogP contribution >= 0.6 is 34.8 Å². The number of nitrogens with one attached hydrogen (secondary N) is 1. The maximum absolute atomic E-state index is 11.3. The van der Waals surface area contributed by atoms with E-state index in [1.165, 1.54) is 12.1 Å². The maximum atomic E-state index is 11.3. The Morgan fingerprint density at radius 2 is 2.00 bits per heavy atom. The van der Waals surface area contributed by atoms with Gasteiger partial charge in [-0.1, -0.05) is 34.8 Å². The van der Waals surface area contributed by atoms with Gasteiger partial charge in [-0.2, -0.15) is 10.4 Å². The maximum Gasteiger partial charge on any atom is 0.369 e. The summed E-state index contributed by atoms with van der Waals surface area (Å²) in [7, 11) is 0. The molecule has 0 aliphatic carbocycles. The van der Waals surface area contributed by atoms with E-state index in [9.17, 15) is 4.79 Å². The minimum atomic E-state index is -0.816. The van der Waals surface area contributed by atoms with Crippen molar-refractivity contribution in [1.29, 1.82) is 5.26 Å². The van der Waals surface area contributed by atoms with Crippen molar-refractivity contribution in [3.05, 3.63) is 27.2 Å². The van der Waals surface area contributed by atoms with Crippen LogP contribution in [0.2, 0.25) is 15.1 Å². The van der Waals surface area contributed by atoms with E-state index in [-0.39, 0.29) is 21.7 Å². The molecule has 0 aromatic heterocycles. The Balaban J connectivity index is 2.91. The first-order valence-corrected chi connectivity index (χ1v) is 6.18. The number of benzene rings is 1. The van der Waals surface area contributed by atoms with Crippen molar-refractivity contribution in [1.82, 2.24) is 0 Å². The number of nitrogens with zero attached hydrogens (tertiary/aromatic N) is 2. The quantitative estimate of drug-likeness (QED) is 0.399. The first kappa shape index (κ1) is 15.6. The number of halogens is 3. The number of carbonyl (C=O) groups is 1. The number of nitriles is 1. The van der Waals surface area contributed by atoms with E-state index >= 15 is 0 Å². The highest BCUT2D eigenvalue weighted by molar-refractivity contribution is 6.48. The van der Waals surface area contributed by atoms with Crippen molar-refractivity contribution >= 4 is 52.2 Å². The Morgan fingerprint density at radius 1 is 1.42 bits per heavy atom. The van der Waals surface area contributed by atoms with E-state index in [2.05, 4.69) is 15.3 Å². The normalized spacial score (nSPS) is 10.8. The second-order valence-electron chi connectivity index (χ2n) is 3.16. The van der Waals surface area contributed by atoms with Crippen LogP contribution in [0.25, 0.3) is 0 Å². The predicted octanol–water partition coefficient (Wildman–Crippen LogP) is 3.50. The average Bonchev–Trinajstić information content (AvgIpc) is 2.37. The Labute approximate surface area is 124 Å². The Bertz CT molecular complexity index is 544. The Kier molecular flexibility index (Phi) is 5.90. The van der Waals surface area contributed by atoms with Crippen LogP contribution in [0.5, 0.6) is 0 Å². The molecule has 0 saturated heterocycles. The average molecular weight is 321 g/mol. The van der Waals surface area contributed by atoms with Crippen molar-refractivity contribution in [3.63, 3.8) is 0 Å². The van der Waals surface area contributed by atoms with E-state index in [0.717, 1.165) is 0 Å². The van der Waals surface area contributed by atoms with Gasteiger partial charge in [0.2, 0.25) is 5.71 Å². The van der Waals surface area contributed by atoms with E-state index in [0.29, 0.717) is 5.69 Å². The molecule has 0 amide bonds. The van der Waals surface area contributed by atoms with E-state index in [1.54, 1.807) is 13.0 Å². The van der Waals surface area contributed by atoms with Crippen LogP contribution in [-0.4, -0.2) is 18.3 Å². The smallest absolute Gasteiger partial charge is 0.369 e. The van der Waals surface area contributed by atoms with Crippen molar-refractivity contribution in [2.45, 2.75) is 6.92 Å². The number of anilines is 1. The second-order valence-corrected chi connectivity index (χ2v) is 4.35. The lowest BCUT2D eigenvalue weighted by molar-refractivity contribution is -0.134. The van der Waals surface area contributed by atoms with Crippen LogP contribution in [0.15, 0.2) is 17.2 Å². The minimum absolute atomic E-state index is 0.151. The van der Waals surface area contributed by atoms with Gasteiger partial charge in [0, 0.05) is 0 Å². The molecular formula is C11H8Cl3N3O2. The molecule has 0 radical (unpaired) electrons. The van der Waals surface area contributed by atoms with Crippen molar-refractivity contribution in [3.8, 4) is 6.07 Å². The fraction of sp³-hybridized carbons (Fsp3) is 0.182. The molecule has 19 heavy (non-hydrogen) atoms. The predicted molar refractivity (Wildman–Crippen MR) is 74.8 cm³/mol. The second kappa shape index (κ2) is 7.19. The zero-order valence-corrected chi connectivity index (χ0v) is 12.0. The minimum Gasteiger partial charge on any atom is -0.461 e. The van der Waals surface area contributed by atoms with Gasteiger partial charge in [-0.15, -0.1) is 0 Å². The fourth-order valence-corrected chi connectivity index (χ4v) is 1.65. The van der Waals surface area contributed by atoms with Gasteiger partial charge in [0.1, 0.15) is 6.07 Å². The van der Waals surface area contributed by atoms with E-state index in [1.807, 2.05) is 0 Å². The summed E-state index contributed by atoms with van der Waals surface area (Å²) in [6, 6.07) is 4.53. The van der Waals surface area contributed by atoms with Gasteiger partial charge in [-0.25, -0.2) is 4.79 Å². The molecule has 0 saturated carbocycles. The molecule has 0 bridgehead atoms. The topological polar surface area (TPSA) is 74.5 Å². The monoisotopic (exact) mass is 319 g/mol. The van der Waals surface area contributed by atoms with Crippen LogP contribution in [0.4, 0.5) is 5.69 Å². The number of ether oxygens (including phenoxy) is 1. The van der Waals surface area contributed by atoms with Gasteiger partial charge in [0.05, 0.1) is 27.4 Å². The number of esters is 1. The van der Waals surface area contributed by atoms with Gasteiger partial charge in [0.15, 0.2) is 0 Å².